The zero-order valence-electron chi connectivity index (χ0n) is 23.1. The number of benzene rings is 1. The van der Waals surface area contributed by atoms with Gasteiger partial charge in [0.05, 0.1) is 19.3 Å². The Morgan fingerprint density at radius 2 is 1.75 bits per heavy atom. The van der Waals surface area contributed by atoms with Gasteiger partial charge in [-0.05, 0) is 37.0 Å². The molecule has 0 radical (unpaired) electrons. The van der Waals surface area contributed by atoms with Gasteiger partial charge >= 0.3 is 5.63 Å². The zero-order chi connectivity index (χ0) is 29.0. The summed E-state index contributed by atoms with van der Waals surface area (Å²) in [5.41, 5.74) is -0.259. The summed E-state index contributed by atoms with van der Waals surface area (Å²) in [5, 5.41) is 41.5. The summed E-state index contributed by atoms with van der Waals surface area (Å²) in [7, 11) is 0. The fraction of sp³-hybridized carbons (Fsp3) is 0.600. The summed E-state index contributed by atoms with van der Waals surface area (Å²) in [6, 6.07) is 8.41. The lowest BCUT2D eigenvalue weighted by molar-refractivity contribution is -0.317. The van der Waals surface area contributed by atoms with E-state index in [4.69, 9.17) is 18.6 Å². The number of aliphatic hydroxyl groups excluding tert-OH is 4. The van der Waals surface area contributed by atoms with E-state index in [1.165, 1.54) is 6.07 Å². The fourth-order valence-corrected chi connectivity index (χ4v) is 7.11. The van der Waals surface area contributed by atoms with Crippen LogP contribution in [0, 0.1) is 22.7 Å². The first-order valence-electron chi connectivity index (χ1n) is 13.7. The molecule has 0 amide bonds. The monoisotopic (exact) mass is 558 g/mol. The number of carbonyl (C=O) groups excluding carboxylic acids is 1. The maximum Gasteiger partial charge on any atom is 0.336 e. The number of fused-ring (bicyclic) bond motifs is 2. The van der Waals surface area contributed by atoms with Crippen LogP contribution in [-0.4, -0.2) is 76.2 Å². The van der Waals surface area contributed by atoms with Crippen LogP contribution in [0.4, 0.5) is 0 Å². The van der Waals surface area contributed by atoms with Gasteiger partial charge in [0.15, 0.2) is 6.29 Å². The minimum absolute atomic E-state index is 0.0852. The number of rotatable bonds is 6. The topological polar surface area (TPSA) is 156 Å². The molecule has 2 aromatic rings. The molecule has 1 aromatic carbocycles. The summed E-state index contributed by atoms with van der Waals surface area (Å²) in [6.07, 6.45) is -4.76. The van der Waals surface area contributed by atoms with E-state index >= 15 is 0 Å². The number of aliphatic hydroxyl groups is 4. The highest BCUT2D eigenvalue weighted by Crippen LogP contribution is 2.59. The van der Waals surface area contributed by atoms with Gasteiger partial charge in [0.2, 0.25) is 0 Å². The van der Waals surface area contributed by atoms with Crippen molar-refractivity contribution < 1.29 is 43.8 Å². The van der Waals surface area contributed by atoms with E-state index in [1.807, 2.05) is 39.0 Å². The summed E-state index contributed by atoms with van der Waals surface area (Å²) in [4.78, 5) is 24.9. The number of carbonyl (C=O) groups is 1. The van der Waals surface area contributed by atoms with Crippen molar-refractivity contribution in [3.05, 3.63) is 52.4 Å². The molecule has 1 saturated heterocycles. The maximum atomic E-state index is 13.2. The van der Waals surface area contributed by atoms with Gasteiger partial charge < -0.3 is 39.1 Å². The quantitative estimate of drug-likeness (QED) is 0.305. The lowest BCUT2D eigenvalue weighted by Crippen LogP contribution is -2.62. The second-order valence-corrected chi connectivity index (χ2v) is 12.2. The molecule has 5 rings (SSSR count). The van der Waals surface area contributed by atoms with E-state index in [0.29, 0.717) is 30.8 Å². The van der Waals surface area contributed by atoms with Gasteiger partial charge in [-0.1, -0.05) is 32.4 Å². The number of hydrogen-bond acceptors (Lipinski definition) is 10. The van der Waals surface area contributed by atoms with Crippen LogP contribution in [0.3, 0.4) is 0 Å². The van der Waals surface area contributed by atoms with Gasteiger partial charge in [0.1, 0.15) is 41.5 Å². The van der Waals surface area contributed by atoms with Crippen LogP contribution in [0.2, 0.25) is 0 Å². The zero-order valence-corrected chi connectivity index (χ0v) is 23.1. The van der Waals surface area contributed by atoms with E-state index in [9.17, 15) is 30.0 Å². The molecule has 1 aliphatic heterocycles. The highest BCUT2D eigenvalue weighted by molar-refractivity contribution is 5.85. The molecule has 1 saturated carbocycles. The standard InChI is InChI=1S/C30H38O10/c1-15-11-20(39-28-26(36)25(35)24(34)21(13-31)40-28)27-29(2,3)22(32)9-10-30(27,4)18(15)14-37-17-7-5-16-6-8-23(33)38-19(16)12-17/h5-8,11-12,18,20-21,24-28,31,34-36H,9-10,13-14H2,1-4H3/t18-,20-,21-,24-,25+,26-,27-,28-,30+/m1/s1. The Kier molecular flexibility index (Phi) is 7.71. The smallest absolute Gasteiger partial charge is 0.336 e. The van der Waals surface area contributed by atoms with Crippen LogP contribution in [0.25, 0.3) is 11.0 Å². The first kappa shape index (κ1) is 28.9. The van der Waals surface area contributed by atoms with Crippen molar-refractivity contribution in [3.63, 3.8) is 0 Å². The minimum Gasteiger partial charge on any atom is -0.493 e. The number of hydrogen-bond donors (Lipinski definition) is 4. The Morgan fingerprint density at radius 1 is 1.02 bits per heavy atom. The van der Waals surface area contributed by atoms with Crippen molar-refractivity contribution in [2.75, 3.05) is 13.2 Å². The molecule has 0 unspecified atom stereocenters. The number of Topliss-reactive ketones (excluding diaryl/α,β-unsaturated/α-hetero) is 1. The molecule has 0 spiro atoms. The van der Waals surface area contributed by atoms with Crippen LogP contribution in [0.15, 0.2) is 51.2 Å². The molecule has 4 N–H and O–H groups in total. The Balaban J connectivity index is 1.45. The van der Waals surface area contributed by atoms with Crippen molar-refractivity contribution in [2.24, 2.45) is 22.7 Å². The van der Waals surface area contributed by atoms with E-state index < -0.39 is 59.9 Å². The van der Waals surface area contributed by atoms with E-state index in [0.717, 1.165) is 11.0 Å². The normalized spacial score (nSPS) is 37.6. The van der Waals surface area contributed by atoms with Crippen molar-refractivity contribution in [1.29, 1.82) is 0 Å². The van der Waals surface area contributed by atoms with Gasteiger partial charge in [-0.3, -0.25) is 4.79 Å². The van der Waals surface area contributed by atoms with Gasteiger partial charge in [0.25, 0.3) is 0 Å². The van der Waals surface area contributed by atoms with Crippen LogP contribution < -0.4 is 10.4 Å². The highest BCUT2D eigenvalue weighted by Gasteiger charge is 2.60. The van der Waals surface area contributed by atoms with Gasteiger partial charge in [-0.15, -0.1) is 0 Å². The second kappa shape index (κ2) is 10.7. The van der Waals surface area contributed by atoms with E-state index in [-0.39, 0.29) is 17.6 Å². The fourth-order valence-electron chi connectivity index (χ4n) is 7.11. The molecule has 40 heavy (non-hydrogen) atoms. The van der Waals surface area contributed by atoms with Crippen LogP contribution in [0.5, 0.6) is 5.75 Å². The van der Waals surface area contributed by atoms with E-state index in [2.05, 4.69) is 6.92 Å². The lowest BCUT2D eigenvalue weighted by atomic mass is 9.47. The summed E-state index contributed by atoms with van der Waals surface area (Å²) in [6.45, 7) is 7.65. The van der Waals surface area contributed by atoms with Crippen LogP contribution >= 0.6 is 0 Å². The van der Waals surface area contributed by atoms with Crippen molar-refractivity contribution in [3.8, 4) is 5.75 Å². The first-order valence-corrected chi connectivity index (χ1v) is 13.7. The largest absolute Gasteiger partial charge is 0.493 e. The molecule has 3 aliphatic rings. The predicted molar refractivity (Wildman–Crippen MR) is 143 cm³/mol. The van der Waals surface area contributed by atoms with Gasteiger partial charge in [-0.25, -0.2) is 4.79 Å². The third kappa shape index (κ3) is 4.91. The van der Waals surface area contributed by atoms with E-state index in [1.54, 1.807) is 12.1 Å². The Bertz CT molecular complexity index is 1350. The third-order valence-electron chi connectivity index (χ3n) is 9.35. The number of ether oxygens (including phenoxy) is 3. The minimum atomic E-state index is -1.57. The highest BCUT2D eigenvalue weighted by atomic mass is 16.7. The average Bonchev–Trinajstić information content (AvgIpc) is 2.90. The van der Waals surface area contributed by atoms with Crippen molar-refractivity contribution in [2.45, 2.75) is 77.3 Å². The van der Waals surface area contributed by atoms with Crippen molar-refractivity contribution in [1.82, 2.24) is 0 Å². The first-order chi connectivity index (χ1) is 18.9. The summed E-state index contributed by atoms with van der Waals surface area (Å²) >= 11 is 0. The predicted octanol–water partition coefficient (Wildman–Crippen LogP) is 1.94. The molecule has 10 heteroatoms. The van der Waals surface area contributed by atoms with Crippen LogP contribution in [0.1, 0.15) is 40.5 Å². The molecular weight excluding hydrogens is 520 g/mol. The molecule has 2 heterocycles. The van der Waals surface area contributed by atoms with Crippen molar-refractivity contribution >= 4 is 16.8 Å². The van der Waals surface area contributed by atoms with Gasteiger partial charge in [0, 0.05) is 41.2 Å². The maximum absolute atomic E-state index is 13.2. The SMILES string of the molecule is CC1=C[C@@H](O[C@@H]2O[C@H](CO)[C@@H](O)[C@H](O)[C@H]2O)[C@@H]2C(C)(C)C(=O)CC[C@@]2(C)[C@@H]1COc1ccc2ccc(=O)oc2c1. The molecular formula is C30H38O10. The molecule has 218 valence electrons. The van der Waals surface area contributed by atoms with Gasteiger partial charge in [-0.2, -0.15) is 0 Å². The molecule has 0 bridgehead atoms. The summed E-state index contributed by atoms with van der Waals surface area (Å²) < 4.78 is 23.5. The number of ketones is 1. The molecule has 2 aliphatic carbocycles. The Morgan fingerprint density at radius 3 is 2.48 bits per heavy atom. The second-order valence-electron chi connectivity index (χ2n) is 12.2. The Labute approximate surface area is 232 Å². The lowest BCUT2D eigenvalue weighted by Gasteiger charge is -2.58. The molecule has 1 aromatic heterocycles. The Hall–Kier alpha value is -2.60. The average molecular weight is 559 g/mol. The summed E-state index contributed by atoms with van der Waals surface area (Å²) in [5.74, 6) is 0.244. The third-order valence-corrected chi connectivity index (χ3v) is 9.35. The van der Waals surface area contributed by atoms with Crippen LogP contribution in [-0.2, 0) is 14.3 Å². The molecule has 2 fully saturated rings. The molecule has 9 atom stereocenters. The molecule has 10 nitrogen and oxygen atoms in total.